The molecule has 0 fully saturated rings. The molecule has 2 aromatic carbocycles. The van der Waals surface area contributed by atoms with Crippen LogP contribution in [0, 0.1) is 0 Å². The molecule has 2 N–H and O–H groups in total. The van der Waals surface area contributed by atoms with Gasteiger partial charge in [0, 0.05) is 31.6 Å². The summed E-state index contributed by atoms with van der Waals surface area (Å²) in [6, 6.07) is 17.8. The van der Waals surface area contributed by atoms with Gasteiger partial charge in [-0.05, 0) is 75.4 Å². The van der Waals surface area contributed by atoms with E-state index in [9.17, 15) is 0 Å². The zero-order valence-corrected chi connectivity index (χ0v) is 21.1. The van der Waals surface area contributed by atoms with Crippen molar-refractivity contribution in [1.82, 2.24) is 5.32 Å². The second-order valence-electron chi connectivity index (χ2n) is 7.84. The Morgan fingerprint density at radius 3 is 2.03 bits per heavy atom. The van der Waals surface area contributed by atoms with Crippen LogP contribution < -0.4 is 10.2 Å². The average molecular weight is 443 g/mol. The Labute approximate surface area is 197 Å². The number of aliphatic hydroxyl groups is 1. The third-order valence-electron chi connectivity index (χ3n) is 5.59. The van der Waals surface area contributed by atoms with Crippen molar-refractivity contribution >= 4 is 11.4 Å². The number of anilines is 2. The fraction of sp³-hybridized carbons (Fsp3) is 0.571. The first kappa shape index (κ1) is 28.2. The first-order valence-electron chi connectivity index (χ1n) is 12.5. The molecule has 0 radical (unpaired) electrons. The lowest BCUT2D eigenvalue weighted by atomic mass is 10.0. The van der Waals surface area contributed by atoms with Crippen LogP contribution in [0.15, 0.2) is 48.5 Å². The molecule has 4 heteroatoms. The van der Waals surface area contributed by atoms with Crippen molar-refractivity contribution in [3.8, 4) is 0 Å². The number of para-hydroxylation sites is 2. The van der Waals surface area contributed by atoms with Gasteiger partial charge in [0.15, 0.2) is 0 Å². The number of benzene rings is 2. The van der Waals surface area contributed by atoms with Gasteiger partial charge in [0.1, 0.15) is 0 Å². The van der Waals surface area contributed by atoms with Crippen molar-refractivity contribution in [3.05, 3.63) is 59.7 Å². The summed E-state index contributed by atoms with van der Waals surface area (Å²) in [6.45, 7) is 12.4. The molecule has 0 aromatic heterocycles. The molecular formula is C28H46N2O2. The third kappa shape index (κ3) is 9.32. The fourth-order valence-corrected chi connectivity index (χ4v) is 3.92. The largest absolute Gasteiger partial charge is 0.400 e. The van der Waals surface area contributed by atoms with E-state index in [1.807, 2.05) is 13.8 Å². The number of ether oxygens (including phenoxy) is 1. The van der Waals surface area contributed by atoms with Gasteiger partial charge >= 0.3 is 0 Å². The lowest BCUT2D eigenvalue weighted by molar-refractivity contribution is 0.0585. The molecule has 1 atom stereocenters. The first-order valence-corrected chi connectivity index (χ1v) is 12.5. The maximum atomic E-state index is 7.00. The maximum Gasteiger partial charge on any atom is 0.0559 e. The molecule has 4 nitrogen and oxygen atoms in total. The van der Waals surface area contributed by atoms with Crippen LogP contribution >= 0.6 is 0 Å². The van der Waals surface area contributed by atoms with E-state index in [0.29, 0.717) is 6.10 Å². The average Bonchev–Trinajstić information content (AvgIpc) is 3.01. The summed E-state index contributed by atoms with van der Waals surface area (Å²) >= 11 is 0. The highest BCUT2D eigenvalue weighted by Crippen LogP contribution is 2.35. The van der Waals surface area contributed by atoms with Crippen molar-refractivity contribution in [2.45, 2.75) is 72.3 Å². The highest BCUT2D eigenvalue weighted by molar-refractivity contribution is 5.71. The van der Waals surface area contributed by atoms with Gasteiger partial charge in [-0.3, -0.25) is 0 Å². The predicted molar refractivity (Wildman–Crippen MR) is 139 cm³/mol. The Kier molecular flexibility index (Phi) is 15.5. The number of rotatable bonds is 11. The van der Waals surface area contributed by atoms with Crippen LogP contribution in [0.4, 0.5) is 11.4 Å². The van der Waals surface area contributed by atoms with Crippen LogP contribution in [0.5, 0.6) is 0 Å². The van der Waals surface area contributed by atoms with Crippen LogP contribution in [-0.2, 0) is 17.6 Å². The van der Waals surface area contributed by atoms with Crippen molar-refractivity contribution in [1.29, 1.82) is 0 Å². The highest BCUT2D eigenvalue weighted by Gasteiger charge is 2.19. The van der Waals surface area contributed by atoms with Crippen molar-refractivity contribution < 1.29 is 9.84 Å². The van der Waals surface area contributed by atoms with Crippen LogP contribution in [0.25, 0.3) is 0 Å². The third-order valence-corrected chi connectivity index (χ3v) is 5.59. The summed E-state index contributed by atoms with van der Waals surface area (Å²) in [5, 5.41) is 10.6. The fourth-order valence-electron chi connectivity index (χ4n) is 3.92. The van der Waals surface area contributed by atoms with Gasteiger partial charge in [0.05, 0.1) is 6.10 Å². The predicted octanol–water partition coefficient (Wildman–Crippen LogP) is 6.13. The van der Waals surface area contributed by atoms with Gasteiger partial charge < -0.3 is 20.1 Å². The molecule has 1 aliphatic heterocycles. The number of aryl methyl sites for hydroxylation is 2. The van der Waals surface area contributed by atoms with E-state index in [-0.39, 0.29) is 0 Å². The maximum absolute atomic E-state index is 7.00. The summed E-state index contributed by atoms with van der Waals surface area (Å²) in [4.78, 5) is 2.52. The van der Waals surface area contributed by atoms with Gasteiger partial charge in [-0.15, -0.1) is 0 Å². The number of aliphatic hydroxyl groups excluding tert-OH is 1. The molecule has 3 rings (SSSR count). The number of nitrogens with zero attached hydrogens (tertiary/aromatic N) is 1. The Morgan fingerprint density at radius 1 is 0.906 bits per heavy atom. The first-order chi connectivity index (χ1) is 15.8. The molecular weight excluding hydrogens is 396 g/mol. The zero-order chi connectivity index (χ0) is 23.6. The summed E-state index contributed by atoms with van der Waals surface area (Å²) < 4.78 is 5.83. The minimum absolute atomic E-state index is 0.350. The minimum Gasteiger partial charge on any atom is -0.400 e. The summed E-state index contributed by atoms with van der Waals surface area (Å²) in [7, 11) is 1.00. The minimum atomic E-state index is 0.350. The quantitative estimate of drug-likeness (QED) is 0.411. The number of fused-ring (bicyclic) bond motifs is 2. The topological polar surface area (TPSA) is 44.7 Å². The second-order valence-corrected chi connectivity index (χ2v) is 7.84. The van der Waals surface area contributed by atoms with Crippen LogP contribution in [-0.4, -0.2) is 44.6 Å². The number of hydrogen-bond donors (Lipinski definition) is 2. The van der Waals surface area contributed by atoms with E-state index in [1.54, 1.807) is 0 Å². The lowest BCUT2D eigenvalue weighted by Gasteiger charge is -2.27. The molecule has 32 heavy (non-hydrogen) atoms. The molecule has 0 spiro atoms. The lowest BCUT2D eigenvalue weighted by Crippen LogP contribution is -2.26. The van der Waals surface area contributed by atoms with Gasteiger partial charge in [-0.2, -0.15) is 0 Å². The number of hydrogen-bond acceptors (Lipinski definition) is 4. The Balaban J connectivity index is 0.00000121. The van der Waals surface area contributed by atoms with Gasteiger partial charge in [-0.25, -0.2) is 0 Å². The van der Waals surface area contributed by atoms with E-state index >= 15 is 0 Å². The van der Waals surface area contributed by atoms with E-state index in [4.69, 9.17) is 9.84 Å². The highest BCUT2D eigenvalue weighted by atomic mass is 16.5. The smallest absolute Gasteiger partial charge is 0.0559 e. The summed E-state index contributed by atoms with van der Waals surface area (Å²) in [5.41, 5.74) is 5.69. The van der Waals surface area contributed by atoms with Crippen molar-refractivity contribution in [3.63, 3.8) is 0 Å². The second kappa shape index (κ2) is 17.6. The molecule has 0 saturated heterocycles. The van der Waals surface area contributed by atoms with E-state index < -0.39 is 0 Å². The standard InChI is InChI=1S/C25H36N2O.C2H6.CH4O/c1-3-4-20-28-21(2)16-18-26-17-9-19-27-24-12-7-5-10-22(24)14-15-23-11-6-8-13-25(23)27;2*1-2/h5-8,10-13,21,26H,3-4,9,14-20H2,1-2H3;1-2H3;2H,1H3. The molecule has 0 aliphatic carbocycles. The van der Waals surface area contributed by atoms with Gasteiger partial charge in [0.2, 0.25) is 0 Å². The molecule has 0 amide bonds. The van der Waals surface area contributed by atoms with E-state index in [2.05, 4.69) is 72.6 Å². The molecule has 1 unspecified atom stereocenters. The van der Waals surface area contributed by atoms with Crippen LogP contribution in [0.3, 0.4) is 0 Å². The summed E-state index contributed by atoms with van der Waals surface area (Å²) in [5.74, 6) is 0. The summed E-state index contributed by atoms with van der Waals surface area (Å²) in [6.07, 6.45) is 7.18. The molecule has 180 valence electrons. The van der Waals surface area contributed by atoms with Crippen LogP contribution in [0.1, 0.15) is 64.5 Å². The Hall–Kier alpha value is -1.88. The van der Waals surface area contributed by atoms with Gasteiger partial charge in [-0.1, -0.05) is 63.6 Å². The van der Waals surface area contributed by atoms with E-state index in [1.165, 1.54) is 28.9 Å². The van der Waals surface area contributed by atoms with Gasteiger partial charge in [0.25, 0.3) is 0 Å². The molecule has 1 aliphatic rings. The Morgan fingerprint density at radius 2 is 1.47 bits per heavy atom. The van der Waals surface area contributed by atoms with E-state index in [0.717, 1.165) is 65.5 Å². The molecule has 1 heterocycles. The number of nitrogens with one attached hydrogen (secondary N) is 1. The molecule has 2 aromatic rings. The van der Waals surface area contributed by atoms with Crippen molar-refractivity contribution in [2.75, 3.05) is 38.3 Å². The SMILES string of the molecule is CC.CCCCOC(C)CCNCCCN1c2ccccc2CCc2ccccc21.CO. The monoisotopic (exact) mass is 442 g/mol. The normalized spacial score (nSPS) is 12.9. The van der Waals surface area contributed by atoms with Crippen molar-refractivity contribution in [2.24, 2.45) is 0 Å². The number of unbranched alkanes of at least 4 members (excludes halogenated alkanes) is 1. The molecule has 0 saturated carbocycles. The Bertz CT molecular complexity index is 673. The van der Waals surface area contributed by atoms with Crippen LogP contribution in [0.2, 0.25) is 0 Å². The zero-order valence-electron chi connectivity index (χ0n) is 21.1. The molecule has 0 bridgehead atoms.